The summed E-state index contributed by atoms with van der Waals surface area (Å²) in [4.78, 5) is 0. The first-order chi connectivity index (χ1) is 37.9. The fourth-order valence-corrected chi connectivity index (χ4v) is 10.3. The van der Waals surface area contributed by atoms with Crippen molar-refractivity contribution < 1.29 is 43.0 Å². The average Bonchev–Trinajstić information content (AvgIpc) is 3.47. The van der Waals surface area contributed by atoms with Crippen LogP contribution in [0, 0.1) is 0 Å². The molecule has 0 aliphatic heterocycles. The third-order valence-electron chi connectivity index (χ3n) is 15.2. The molecular weight excluding hydrogens is 961 g/mol. The van der Waals surface area contributed by atoms with E-state index in [1.807, 2.05) is 0 Å². The van der Waals surface area contributed by atoms with E-state index in [1.165, 1.54) is 82.2 Å². The molecule has 0 bridgehead atoms. The van der Waals surface area contributed by atoms with Crippen molar-refractivity contribution in [1.29, 1.82) is 0 Å². The molecule has 0 saturated heterocycles. The van der Waals surface area contributed by atoms with E-state index in [9.17, 15) is 0 Å². The Hall–Kier alpha value is -4.26. The minimum absolute atomic E-state index is 0.0228. The van der Waals surface area contributed by atoms with Crippen molar-refractivity contribution in [3.05, 3.63) is 177 Å². The highest BCUT2D eigenvalue weighted by Gasteiger charge is 2.24. The van der Waals surface area contributed by atoms with Gasteiger partial charge in [0.25, 0.3) is 0 Å². The Morgan fingerprint density at radius 2 is 0.532 bits per heavy atom. The number of hydrogen-bond acceptors (Lipinski definition) is 9. The lowest BCUT2D eigenvalue weighted by atomic mass is 9.76. The van der Waals surface area contributed by atoms with Crippen LogP contribution in [0.5, 0.6) is 0 Å². The molecule has 0 fully saturated rings. The van der Waals surface area contributed by atoms with Gasteiger partial charge in [0.15, 0.2) is 0 Å². The maximum atomic E-state index is 9.02. The van der Waals surface area contributed by atoms with E-state index >= 15 is 0 Å². The monoisotopic (exact) mass is 1060 g/mol. The van der Waals surface area contributed by atoms with Crippen molar-refractivity contribution in [2.45, 2.75) is 168 Å². The Morgan fingerprint density at radius 3 is 0.818 bits per heavy atom. The van der Waals surface area contributed by atoms with Gasteiger partial charge in [-0.05, 0) is 137 Å². The first-order valence-electron chi connectivity index (χ1n) is 29.6. The number of benzene rings is 5. The molecule has 0 aliphatic carbocycles. The number of aliphatic hydroxyl groups is 1. The number of unbranched alkanes of at least 4 members (excludes halogenated alkanes) is 1. The van der Waals surface area contributed by atoms with E-state index < -0.39 is 0 Å². The molecule has 5 aromatic rings. The molecule has 3 unspecified atom stereocenters. The molecule has 0 aromatic heterocycles. The van der Waals surface area contributed by atoms with Crippen molar-refractivity contribution in [2.24, 2.45) is 0 Å². The van der Waals surface area contributed by atoms with Gasteiger partial charge >= 0.3 is 0 Å². The van der Waals surface area contributed by atoms with E-state index in [0.717, 1.165) is 37.7 Å². The largest absolute Gasteiger partial charge is 0.394 e. The first-order valence-corrected chi connectivity index (χ1v) is 29.6. The third kappa shape index (κ3) is 24.3. The summed E-state index contributed by atoms with van der Waals surface area (Å²) in [5.74, 6) is 2.47. The van der Waals surface area contributed by atoms with Gasteiger partial charge in [0.05, 0.1) is 112 Å². The molecule has 0 saturated carbocycles. The van der Waals surface area contributed by atoms with Gasteiger partial charge in [0.1, 0.15) is 0 Å². The number of aliphatic hydroxyl groups excluding tert-OH is 1. The molecule has 3 atom stereocenters. The lowest BCUT2D eigenvalue weighted by Crippen LogP contribution is -2.12. The molecule has 0 aliphatic rings. The summed E-state index contributed by atoms with van der Waals surface area (Å²) in [6.45, 7) is 22.2. The lowest BCUT2D eigenvalue weighted by molar-refractivity contribution is 0.00703. The Balaban J connectivity index is 1.09. The summed E-state index contributed by atoms with van der Waals surface area (Å²) in [6, 6.07) is 45.1. The Morgan fingerprint density at radius 1 is 0.286 bits per heavy atom. The second kappa shape index (κ2) is 39.2. The molecule has 5 rings (SSSR count). The highest BCUT2D eigenvalue weighted by molar-refractivity contribution is 5.31. The van der Waals surface area contributed by atoms with Gasteiger partial charge in [0, 0.05) is 0 Å². The van der Waals surface area contributed by atoms with E-state index in [1.54, 1.807) is 0 Å². The number of rotatable bonds is 44. The van der Waals surface area contributed by atoms with Gasteiger partial charge in [-0.2, -0.15) is 0 Å². The first kappa shape index (κ1) is 63.6. The van der Waals surface area contributed by atoms with Gasteiger partial charge in [-0.3, -0.25) is 0 Å². The lowest BCUT2D eigenvalue weighted by Gasteiger charge is -2.28. The standard InChI is InChI=1S/C68H98O9/c1-7-13-14-67(65-31-21-57(22-32-65)52-77-46-41-72-39-44-75-50-55-17-27-63(28-18-55)60(10-4)11-5)48-68(66-33-23-58(24-34-66)53-73-42-37-70-36-35-69)47-61(12-6)64-29-19-56(20-30-64)51-76-45-40-71-38-43-74-49-54-15-25-62(26-16-54)59(8-2)9-3/h15-34,59-61,67-69H,7-14,35-53H2,1-6H3. The summed E-state index contributed by atoms with van der Waals surface area (Å²) >= 11 is 0. The van der Waals surface area contributed by atoms with Crippen LogP contribution in [0.3, 0.4) is 0 Å². The van der Waals surface area contributed by atoms with E-state index in [2.05, 4.69) is 163 Å². The van der Waals surface area contributed by atoms with E-state index in [-0.39, 0.29) is 6.61 Å². The van der Waals surface area contributed by atoms with Crippen LogP contribution < -0.4 is 0 Å². The molecule has 77 heavy (non-hydrogen) atoms. The fourth-order valence-electron chi connectivity index (χ4n) is 10.3. The topological polar surface area (TPSA) is 94.1 Å². The molecular formula is C68H98O9. The molecule has 0 spiro atoms. The zero-order chi connectivity index (χ0) is 54.6. The Bertz CT molecular complexity index is 2190. The second-order valence-electron chi connectivity index (χ2n) is 20.7. The van der Waals surface area contributed by atoms with Crippen LogP contribution in [-0.4, -0.2) is 84.4 Å². The molecule has 0 amide bonds. The average molecular weight is 1060 g/mol. The third-order valence-corrected chi connectivity index (χ3v) is 15.2. The molecule has 424 valence electrons. The van der Waals surface area contributed by atoms with Crippen LogP contribution in [0.4, 0.5) is 0 Å². The maximum Gasteiger partial charge on any atom is 0.0718 e. The summed E-state index contributed by atoms with van der Waals surface area (Å²) in [5.41, 5.74) is 12.9. The van der Waals surface area contributed by atoms with Crippen LogP contribution in [0.15, 0.2) is 121 Å². The summed E-state index contributed by atoms with van der Waals surface area (Å²) in [6.07, 6.45) is 11.4. The number of ether oxygens (including phenoxy) is 8. The summed E-state index contributed by atoms with van der Waals surface area (Å²) < 4.78 is 46.8. The minimum atomic E-state index is 0.0228. The highest BCUT2D eigenvalue weighted by Crippen LogP contribution is 2.41. The fraction of sp³-hybridized carbons (Fsp3) is 0.559. The van der Waals surface area contributed by atoms with Gasteiger partial charge in [-0.25, -0.2) is 0 Å². The van der Waals surface area contributed by atoms with Crippen molar-refractivity contribution in [1.82, 2.24) is 0 Å². The normalized spacial score (nSPS) is 12.9. The van der Waals surface area contributed by atoms with Crippen molar-refractivity contribution in [3.8, 4) is 0 Å². The molecule has 9 nitrogen and oxygen atoms in total. The van der Waals surface area contributed by atoms with Gasteiger partial charge < -0.3 is 43.0 Å². The number of hydrogen-bond donors (Lipinski definition) is 1. The molecule has 0 heterocycles. The Labute approximate surface area is 465 Å². The van der Waals surface area contributed by atoms with Gasteiger partial charge in [-0.1, -0.05) is 176 Å². The van der Waals surface area contributed by atoms with Crippen LogP contribution in [0.1, 0.15) is 191 Å². The SMILES string of the molecule is CCCCC(CC(CC(CC)c1ccc(COCCOCCOCc2ccc(C(CC)CC)cc2)cc1)c1ccc(COCCOCCO)cc1)c1ccc(COCCOCCOCc2ccc(C(CC)CC)cc2)cc1. The van der Waals surface area contributed by atoms with Crippen molar-refractivity contribution in [3.63, 3.8) is 0 Å². The van der Waals surface area contributed by atoms with Crippen molar-refractivity contribution >= 4 is 0 Å². The predicted molar refractivity (Wildman–Crippen MR) is 314 cm³/mol. The molecule has 5 aromatic carbocycles. The van der Waals surface area contributed by atoms with Crippen LogP contribution in [-0.2, 0) is 70.9 Å². The molecule has 0 radical (unpaired) electrons. The maximum absolute atomic E-state index is 9.02. The van der Waals surface area contributed by atoms with Crippen LogP contribution >= 0.6 is 0 Å². The second-order valence-corrected chi connectivity index (χ2v) is 20.7. The van der Waals surface area contributed by atoms with E-state index in [0.29, 0.717) is 135 Å². The van der Waals surface area contributed by atoms with Gasteiger partial charge in [-0.15, -0.1) is 0 Å². The smallest absolute Gasteiger partial charge is 0.0718 e. The molecule has 9 heteroatoms. The highest BCUT2D eigenvalue weighted by atomic mass is 16.6. The predicted octanol–water partition coefficient (Wildman–Crippen LogP) is 15.6. The zero-order valence-electron chi connectivity index (χ0n) is 48.2. The zero-order valence-corrected chi connectivity index (χ0v) is 48.2. The summed E-state index contributed by atoms with van der Waals surface area (Å²) in [7, 11) is 0. The minimum Gasteiger partial charge on any atom is -0.394 e. The summed E-state index contributed by atoms with van der Waals surface area (Å²) in [5, 5.41) is 9.02. The quantitative estimate of drug-likeness (QED) is 0.0383. The van der Waals surface area contributed by atoms with Gasteiger partial charge in [0.2, 0.25) is 0 Å². The molecule has 1 N–H and O–H groups in total. The van der Waals surface area contributed by atoms with Crippen molar-refractivity contribution in [2.75, 3.05) is 79.3 Å². The van der Waals surface area contributed by atoms with Crippen LogP contribution in [0.25, 0.3) is 0 Å². The van der Waals surface area contributed by atoms with Crippen LogP contribution in [0.2, 0.25) is 0 Å². The Kier molecular flexibility index (Phi) is 32.3. The van der Waals surface area contributed by atoms with E-state index in [4.69, 9.17) is 43.0 Å².